The smallest absolute Gasteiger partial charge is 0.339 e. The molecule has 1 aromatic heterocycles. The van der Waals surface area contributed by atoms with Crippen molar-refractivity contribution in [3.63, 3.8) is 0 Å². The summed E-state index contributed by atoms with van der Waals surface area (Å²) in [6.07, 6.45) is 1.26. The number of aromatic nitrogens is 1. The van der Waals surface area contributed by atoms with Gasteiger partial charge in [0.1, 0.15) is 6.20 Å². The number of likely N-dealkylation sites (tertiary alicyclic amines) is 1. The van der Waals surface area contributed by atoms with Gasteiger partial charge in [-0.05, 0) is 49.4 Å². The third-order valence-corrected chi connectivity index (χ3v) is 5.33. The van der Waals surface area contributed by atoms with Crippen molar-refractivity contribution in [3.05, 3.63) is 46.1 Å². The molecule has 1 aliphatic heterocycles. The fraction of sp³-hybridized carbons (Fsp3) is 0.333. The molecule has 2 heterocycles. The summed E-state index contributed by atoms with van der Waals surface area (Å²) in [6, 6.07) is 6.25. The van der Waals surface area contributed by atoms with Crippen LogP contribution in [0.3, 0.4) is 0 Å². The van der Waals surface area contributed by atoms with E-state index in [9.17, 15) is 24.5 Å². The van der Waals surface area contributed by atoms with E-state index in [0.29, 0.717) is 17.8 Å². The van der Waals surface area contributed by atoms with E-state index < -0.39 is 16.7 Å². The Kier molecular flexibility index (Phi) is 5.87. The molecule has 0 bridgehead atoms. The van der Waals surface area contributed by atoms with E-state index >= 15 is 0 Å². The molecule has 0 spiro atoms. The molecule has 10 nitrogen and oxygen atoms in total. The molecule has 2 aromatic rings. The molecule has 0 radical (unpaired) electrons. The number of hydrogen-bond acceptors (Lipinski definition) is 7. The van der Waals surface area contributed by atoms with Crippen LogP contribution in [0.5, 0.6) is 0 Å². The van der Waals surface area contributed by atoms with Crippen LogP contribution in [0.4, 0.5) is 15.8 Å². The molecule has 0 aliphatic carbocycles. The zero-order valence-corrected chi connectivity index (χ0v) is 16.6. The number of nitrogens with zero attached hydrogens (tertiary/aromatic N) is 3. The van der Waals surface area contributed by atoms with Gasteiger partial charge in [0.05, 0.1) is 10.8 Å². The zero-order valence-electron chi connectivity index (χ0n) is 15.7. The maximum absolute atomic E-state index is 12.4. The molecule has 1 saturated heterocycles. The van der Waals surface area contributed by atoms with Crippen LogP contribution in [0.2, 0.25) is 0 Å². The van der Waals surface area contributed by atoms with E-state index in [2.05, 4.69) is 15.6 Å². The first-order valence-corrected chi connectivity index (χ1v) is 9.68. The van der Waals surface area contributed by atoms with Crippen molar-refractivity contribution in [3.8, 4) is 0 Å². The van der Waals surface area contributed by atoms with E-state index in [1.807, 2.05) is 13.8 Å². The summed E-state index contributed by atoms with van der Waals surface area (Å²) in [5.41, 5.74) is 0.815. The summed E-state index contributed by atoms with van der Waals surface area (Å²) in [5, 5.41) is 15.9. The lowest BCUT2D eigenvalue weighted by Gasteiger charge is -2.20. The van der Waals surface area contributed by atoms with Crippen molar-refractivity contribution < 1.29 is 19.3 Å². The van der Waals surface area contributed by atoms with Crippen LogP contribution in [0.1, 0.15) is 30.6 Å². The first kappa shape index (κ1) is 20.4. The minimum absolute atomic E-state index is 0.0328. The van der Waals surface area contributed by atoms with Gasteiger partial charge in [-0.2, -0.15) is 0 Å². The molecule has 1 aliphatic rings. The van der Waals surface area contributed by atoms with Gasteiger partial charge in [0.15, 0.2) is 5.13 Å². The van der Waals surface area contributed by atoms with Crippen molar-refractivity contribution in [2.24, 2.45) is 5.92 Å². The summed E-state index contributed by atoms with van der Waals surface area (Å²) in [7, 11) is 0. The van der Waals surface area contributed by atoms with Crippen LogP contribution in [-0.4, -0.2) is 45.1 Å². The minimum Gasteiger partial charge on any atom is -0.339 e. The molecule has 1 aromatic carbocycles. The summed E-state index contributed by atoms with van der Waals surface area (Å²) < 4.78 is 0. The number of nitro groups is 1. The number of hydrogen-bond donors (Lipinski definition) is 2. The highest BCUT2D eigenvalue weighted by Gasteiger charge is 2.35. The van der Waals surface area contributed by atoms with Crippen molar-refractivity contribution in [2.75, 3.05) is 17.2 Å². The number of benzene rings is 1. The minimum atomic E-state index is -0.580. The predicted molar refractivity (Wildman–Crippen MR) is 107 cm³/mol. The second-order valence-corrected chi connectivity index (χ2v) is 7.83. The monoisotopic (exact) mass is 417 g/mol. The average Bonchev–Trinajstić information content (AvgIpc) is 3.29. The Hall–Kier alpha value is -3.34. The fourth-order valence-corrected chi connectivity index (χ4v) is 3.56. The summed E-state index contributed by atoms with van der Waals surface area (Å²) in [6.45, 7) is 4.21. The number of rotatable bonds is 6. The highest BCUT2D eigenvalue weighted by atomic mass is 32.1. The molecule has 2 N–H and O–H groups in total. The van der Waals surface area contributed by atoms with Gasteiger partial charge in [0, 0.05) is 30.3 Å². The van der Waals surface area contributed by atoms with E-state index in [-0.39, 0.29) is 34.4 Å². The van der Waals surface area contributed by atoms with Crippen LogP contribution in [0.25, 0.3) is 0 Å². The number of amides is 3. The quantitative estimate of drug-likeness (QED) is 0.548. The predicted octanol–water partition coefficient (Wildman–Crippen LogP) is 2.50. The van der Waals surface area contributed by atoms with E-state index in [1.165, 1.54) is 12.1 Å². The van der Waals surface area contributed by atoms with Gasteiger partial charge in [-0.25, -0.2) is 4.98 Å². The second kappa shape index (κ2) is 8.35. The van der Waals surface area contributed by atoms with Gasteiger partial charge in [0.2, 0.25) is 11.8 Å². The highest BCUT2D eigenvalue weighted by molar-refractivity contribution is 7.18. The Morgan fingerprint density at radius 3 is 2.52 bits per heavy atom. The maximum Gasteiger partial charge on any atom is 0.345 e. The Balaban J connectivity index is 1.58. The summed E-state index contributed by atoms with van der Waals surface area (Å²) >= 11 is 0.761. The lowest BCUT2D eigenvalue weighted by molar-refractivity contribution is -0.380. The SMILES string of the molecule is CC(C)N1CC(C(=O)Nc2ccc(C(=O)Nc3ncc([N+](=O)[O-])s3)cc2)CC1=O. The Morgan fingerprint density at radius 1 is 1.28 bits per heavy atom. The molecule has 1 atom stereocenters. The van der Waals surface area contributed by atoms with Gasteiger partial charge in [-0.1, -0.05) is 0 Å². The number of carbonyl (C=O) groups excluding carboxylic acids is 3. The molecule has 29 heavy (non-hydrogen) atoms. The first-order chi connectivity index (χ1) is 13.7. The second-order valence-electron chi connectivity index (χ2n) is 6.82. The molecule has 3 amide bonds. The van der Waals surface area contributed by atoms with E-state index in [1.54, 1.807) is 17.0 Å². The van der Waals surface area contributed by atoms with E-state index in [4.69, 9.17) is 0 Å². The zero-order chi connectivity index (χ0) is 21.1. The largest absolute Gasteiger partial charge is 0.345 e. The molecule has 0 saturated carbocycles. The van der Waals surface area contributed by atoms with Crippen LogP contribution in [0, 0.1) is 16.0 Å². The molecular formula is C18H19N5O5S. The van der Waals surface area contributed by atoms with Crippen LogP contribution in [-0.2, 0) is 9.59 Å². The highest BCUT2D eigenvalue weighted by Crippen LogP contribution is 2.26. The van der Waals surface area contributed by atoms with Crippen molar-refractivity contribution >= 4 is 44.9 Å². The van der Waals surface area contributed by atoms with Crippen molar-refractivity contribution in [1.29, 1.82) is 0 Å². The normalized spacial score (nSPS) is 16.2. The van der Waals surface area contributed by atoms with Gasteiger partial charge in [-0.15, -0.1) is 0 Å². The van der Waals surface area contributed by atoms with Gasteiger partial charge in [-0.3, -0.25) is 29.8 Å². The molecule has 3 rings (SSSR count). The van der Waals surface area contributed by atoms with Gasteiger partial charge >= 0.3 is 5.00 Å². The first-order valence-electron chi connectivity index (χ1n) is 8.86. The third kappa shape index (κ3) is 4.74. The molecule has 1 fully saturated rings. The number of thiazole rings is 1. The fourth-order valence-electron chi connectivity index (χ4n) is 2.93. The Bertz CT molecular complexity index is 956. The number of nitrogens with one attached hydrogen (secondary N) is 2. The Labute approximate surface area is 170 Å². The van der Waals surface area contributed by atoms with Gasteiger partial charge in [0.25, 0.3) is 5.91 Å². The molecule has 152 valence electrons. The topological polar surface area (TPSA) is 135 Å². The van der Waals surface area contributed by atoms with E-state index in [0.717, 1.165) is 17.5 Å². The third-order valence-electron chi connectivity index (χ3n) is 4.46. The van der Waals surface area contributed by atoms with Crippen LogP contribution < -0.4 is 10.6 Å². The van der Waals surface area contributed by atoms with Gasteiger partial charge < -0.3 is 10.2 Å². The van der Waals surface area contributed by atoms with Crippen LogP contribution in [0.15, 0.2) is 30.5 Å². The standard InChI is InChI=1S/C18H19N5O5S/c1-10(2)22-9-12(7-14(22)24)17(26)20-13-5-3-11(4-6-13)16(25)21-18-19-8-15(29-18)23(27)28/h3-6,8,10,12H,7,9H2,1-2H3,(H,20,26)(H,19,21,25). The summed E-state index contributed by atoms with van der Waals surface area (Å²) in [4.78, 5) is 52.1. The number of anilines is 2. The number of carbonyl (C=O) groups is 3. The maximum atomic E-state index is 12.4. The average molecular weight is 417 g/mol. The molecule has 11 heteroatoms. The van der Waals surface area contributed by atoms with Crippen LogP contribution >= 0.6 is 11.3 Å². The summed E-state index contributed by atoms with van der Waals surface area (Å²) in [5.74, 6) is -1.15. The van der Waals surface area contributed by atoms with Crippen molar-refractivity contribution in [2.45, 2.75) is 26.3 Å². The Morgan fingerprint density at radius 2 is 1.97 bits per heavy atom. The molecular weight excluding hydrogens is 398 g/mol. The lowest BCUT2D eigenvalue weighted by Crippen LogP contribution is -2.33. The lowest BCUT2D eigenvalue weighted by atomic mass is 10.1. The molecule has 1 unspecified atom stereocenters. The van der Waals surface area contributed by atoms with Crippen molar-refractivity contribution in [1.82, 2.24) is 9.88 Å².